The van der Waals surface area contributed by atoms with Crippen LogP contribution in [0.25, 0.3) is 11.0 Å². The quantitative estimate of drug-likeness (QED) is 0.596. The molecular weight excluding hydrogens is 400 g/mol. The van der Waals surface area contributed by atoms with Crippen molar-refractivity contribution in [1.29, 1.82) is 0 Å². The van der Waals surface area contributed by atoms with Gasteiger partial charge in [-0.3, -0.25) is 20.4 Å². The number of hydrazine groups is 1. The molecular formula is C21H30N6O4. The Morgan fingerprint density at radius 3 is 2.48 bits per heavy atom. The van der Waals surface area contributed by atoms with Crippen LogP contribution in [0.1, 0.15) is 49.4 Å². The molecule has 4 rings (SSSR count). The summed E-state index contributed by atoms with van der Waals surface area (Å²) in [5.74, 6) is -0.324. The van der Waals surface area contributed by atoms with Crippen LogP contribution in [-0.2, 0) is 20.8 Å². The number of rotatable bonds is 6. The van der Waals surface area contributed by atoms with E-state index < -0.39 is 5.91 Å². The Hall–Kier alpha value is -2.72. The van der Waals surface area contributed by atoms with E-state index in [-0.39, 0.29) is 17.9 Å². The van der Waals surface area contributed by atoms with Crippen LogP contribution < -0.4 is 16.2 Å². The number of carbonyl (C=O) groups excluding carboxylic acids is 2. The maximum atomic E-state index is 12.9. The Kier molecular flexibility index (Phi) is 6.98. The average Bonchev–Trinajstić information content (AvgIpc) is 3.23. The topological polar surface area (TPSA) is 119 Å². The number of hydrogen-bond acceptors (Lipinski definition) is 7. The number of ether oxygens (including phenoxy) is 2. The summed E-state index contributed by atoms with van der Waals surface area (Å²) in [4.78, 5) is 29.7. The average molecular weight is 431 g/mol. The smallest absolute Gasteiger partial charge is 0.273 e. The van der Waals surface area contributed by atoms with Gasteiger partial charge in [-0.05, 0) is 38.5 Å². The Bertz CT molecular complexity index is 918. The van der Waals surface area contributed by atoms with Gasteiger partial charge in [-0.15, -0.1) is 0 Å². The minimum Gasteiger partial charge on any atom is -0.381 e. The second kappa shape index (κ2) is 10.1. The molecule has 4 heterocycles. The number of hydrogen-bond donors (Lipinski definition) is 3. The molecule has 0 spiro atoms. The first-order chi connectivity index (χ1) is 15.2. The molecule has 2 saturated heterocycles. The molecule has 2 aliphatic rings. The van der Waals surface area contributed by atoms with E-state index in [9.17, 15) is 9.59 Å². The van der Waals surface area contributed by atoms with Gasteiger partial charge in [0.05, 0.1) is 22.8 Å². The maximum Gasteiger partial charge on any atom is 0.273 e. The van der Waals surface area contributed by atoms with Crippen LogP contribution >= 0.6 is 0 Å². The molecule has 10 nitrogen and oxygen atoms in total. The maximum absolute atomic E-state index is 12.9. The predicted octanol–water partition coefficient (Wildman–Crippen LogP) is 1.62. The zero-order valence-electron chi connectivity index (χ0n) is 17.9. The minimum absolute atomic E-state index is 0.194. The molecule has 0 unspecified atom stereocenters. The van der Waals surface area contributed by atoms with Gasteiger partial charge in [-0.2, -0.15) is 5.10 Å². The number of carbonyl (C=O) groups is 2. The zero-order valence-corrected chi connectivity index (χ0v) is 17.9. The highest BCUT2D eigenvalue weighted by atomic mass is 16.5. The van der Waals surface area contributed by atoms with Crippen molar-refractivity contribution in [3.63, 3.8) is 0 Å². The number of aryl methyl sites for hydroxylation is 1. The molecule has 0 bridgehead atoms. The van der Waals surface area contributed by atoms with E-state index >= 15 is 0 Å². The molecule has 2 aromatic rings. The summed E-state index contributed by atoms with van der Waals surface area (Å²) >= 11 is 0. The SMILES string of the molecule is CCn1ncc2c(NC3CCOCC3)c(C(=O)NNC(=O)CC3CCOCC3)cnc21. The minimum atomic E-state index is -0.409. The van der Waals surface area contributed by atoms with Gasteiger partial charge < -0.3 is 14.8 Å². The summed E-state index contributed by atoms with van der Waals surface area (Å²) in [7, 11) is 0. The number of nitrogens with zero attached hydrogens (tertiary/aromatic N) is 3. The van der Waals surface area contributed by atoms with Gasteiger partial charge in [0.15, 0.2) is 5.65 Å². The molecule has 31 heavy (non-hydrogen) atoms. The summed E-state index contributed by atoms with van der Waals surface area (Å²) < 4.78 is 12.6. The summed E-state index contributed by atoms with van der Waals surface area (Å²) in [6, 6.07) is 0.194. The number of anilines is 1. The molecule has 10 heteroatoms. The van der Waals surface area contributed by atoms with E-state index in [4.69, 9.17) is 9.47 Å². The number of aromatic nitrogens is 3. The zero-order chi connectivity index (χ0) is 21.6. The third-order valence-corrected chi connectivity index (χ3v) is 5.91. The van der Waals surface area contributed by atoms with Crippen LogP contribution in [-0.4, -0.2) is 59.0 Å². The fraction of sp³-hybridized carbons (Fsp3) is 0.619. The fourth-order valence-electron chi connectivity index (χ4n) is 4.09. The first-order valence-electron chi connectivity index (χ1n) is 11.0. The Labute approximate surface area is 181 Å². The number of fused-ring (bicyclic) bond motifs is 1. The lowest BCUT2D eigenvalue weighted by Gasteiger charge is -2.25. The molecule has 2 fully saturated rings. The van der Waals surface area contributed by atoms with Gasteiger partial charge >= 0.3 is 0 Å². The lowest BCUT2D eigenvalue weighted by Crippen LogP contribution is -2.43. The van der Waals surface area contributed by atoms with Crippen LogP contribution in [0.2, 0.25) is 0 Å². The van der Waals surface area contributed by atoms with E-state index in [2.05, 4.69) is 26.3 Å². The second-order valence-corrected chi connectivity index (χ2v) is 8.04. The van der Waals surface area contributed by atoms with E-state index in [1.54, 1.807) is 10.9 Å². The number of pyridine rings is 1. The largest absolute Gasteiger partial charge is 0.381 e. The highest BCUT2D eigenvalue weighted by Gasteiger charge is 2.23. The second-order valence-electron chi connectivity index (χ2n) is 8.04. The fourth-order valence-corrected chi connectivity index (χ4v) is 4.09. The Morgan fingerprint density at radius 2 is 1.77 bits per heavy atom. The number of nitrogens with one attached hydrogen (secondary N) is 3. The van der Waals surface area contributed by atoms with Gasteiger partial charge in [0.1, 0.15) is 0 Å². The summed E-state index contributed by atoms with van der Waals surface area (Å²) in [6.07, 6.45) is 7.08. The molecule has 3 N–H and O–H groups in total. The van der Waals surface area contributed by atoms with Gasteiger partial charge in [0.25, 0.3) is 5.91 Å². The van der Waals surface area contributed by atoms with Gasteiger partial charge in [0, 0.05) is 51.6 Å². The molecule has 2 aromatic heterocycles. The van der Waals surface area contributed by atoms with Gasteiger partial charge in [0.2, 0.25) is 5.91 Å². The van der Waals surface area contributed by atoms with Crippen LogP contribution in [0.3, 0.4) is 0 Å². The summed E-state index contributed by atoms with van der Waals surface area (Å²) in [5, 5.41) is 8.68. The lowest BCUT2D eigenvalue weighted by molar-refractivity contribution is -0.123. The standard InChI is InChI=1S/C21H30N6O4/c1-2-27-20-16(13-23-27)19(24-15-5-9-31-10-6-15)17(12-22-20)21(29)26-25-18(28)11-14-3-7-30-8-4-14/h12-15H,2-11H2,1H3,(H,22,24)(H,25,28)(H,26,29). The predicted molar refractivity (Wildman–Crippen MR) is 114 cm³/mol. The molecule has 0 aromatic carbocycles. The molecule has 0 radical (unpaired) electrons. The highest BCUT2D eigenvalue weighted by Crippen LogP contribution is 2.28. The molecule has 0 atom stereocenters. The summed E-state index contributed by atoms with van der Waals surface area (Å²) in [6.45, 7) is 5.41. The molecule has 2 aliphatic heterocycles. The normalized spacial score (nSPS) is 18.1. The monoisotopic (exact) mass is 430 g/mol. The third kappa shape index (κ3) is 5.13. The van der Waals surface area contributed by atoms with E-state index in [0.717, 1.165) is 36.7 Å². The van der Waals surface area contributed by atoms with Gasteiger partial charge in [-0.25, -0.2) is 9.67 Å². The van der Waals surface area contributed by atoms with E-state index in [1.165, 1.54) is 6.20 Å². The van der Waals surface area contributed by atoms with Crippen molar-refractivity contribution in [3.05, 3.63) is 18.0 Å². The Morgan fingerprint density at radius 1 is 1.06 bits per heavy atom. The highest BCUT2D eigenvalue weighted by molar-refractivity contribution is 6.06. The van der Waals surface area contributed by atoms with Gasteiger partial charge in [-0.1, -0.05) is 0 Å². The Balaban J connectivity index is 1.48. The first kappa shape index (κ1) is 21.5. The molecule has 2 amide bonds. The van der Waals surface area contributed by atoms with Crippen molar-refractivity contribution in [2.24, 2.45) is 5.92 Å². The molecule has 0 aliphatic carbocycles. The first-order valence-corrected chi connectivity index (χ1v) is 11.0. The van der Waals surface area contributed by atoms with Crippen molar-refractivity contribution in [2.75, 3.05) is 31.7 Å². The van der Waals surface area contributed by atoms with Crippen LogP contribution in [0, 0.1) is 5.92 Å². The van der Waals surface area contributed by atoms with Crippen LogP contribution in [0.15, 0.2) is 12.4 Å². The molecule has 0 saturated carbocycles. The third-order valence-electron chi connectivity index (χ3n) is 5.91. The lowest BCUT2D eigenvalue weighted by atomic mass is 9.96. The van der Waals surface area contributed by atoms with Crippen molar-refractivity contribution in [1.82, 2.24) is 25.6 Å². The van der Waals surface area contributed by atoms with Crippen LogP contribution in [0.4, 0.5) is 5.69 Å². The number of amides is 2. The summed E-state index contributed by atoms with van der Waals surface area (Å²) in [5.41, 5.74) is 6.88. The van der Waals surface area contributed by atoms with E-state index in [1.807, 2.05) is 6.92 Å². The van der Waals surface area contributed by atoms with E-state index in [0.29, 0.717) is 50.6 Å². The molecule has 168 valence electrons. The van der Waals surface area contributed by atoms with Crippen molar-refractivity contribution >= 4 is 28.5 Å². The van der Waals surface area contributed by atoms with Crippen molar-refractivity contribution < 1.29 is 19.1 Å². The van der Waals surface area contributed by atoms with Crippen LogP contribution in [0.5, 0.6) is 0 Å². The van der Waals surface area contributed by atoms with Crippen molar-refractivity contribution in [2.45, 2.75) is 51.6 Å². The van der Waals surface area contributed by atoms with Crippen molar-refractivity contribution in [3.8, 4) is 0 Å².